The van der Waals surface area contributed by atoms with Crippen LogP contribution in [0.5, 0.6) is 0 Å². The van der Waals surface area contributed by atoms with Gasteiger partial charge in [0, 0.05) is 6.61 Å². The standard InChI is InChI=1S/C34H70O/c1-3-4-5-6-7-8-9-10-13-16-19-22-25-28-31-34(2)32-29-26-23-20-17-14-11-12-15-18-21-24-27-30-33-35/h34-35H,3-33H2,1-2H3. The molecule has 0 rings (SSSR count). The number of hydrogen-bond donors (Lipinski definition) is 1. The average Bonchev–Trinajstić information content (AvgIpc) is 2.86. The number of hydrogen-bond acceptors (Lipinski definition) is 1. The molecule has 0 amide bonds. The Bertz CT molecular complexity index is 352. The van der Waals surface area contributed by atoms with Crippen LogP contribution in [-0.2, 0) is 0 Å². The van der Waals surface area contributed by atoms with Crippen LogP contribution in [-0.4, -0.2) is 11.7 Å². The molecule has 1 unspecified atom stereocenters. The Hall–Kier alpha value is -0.0400. The van der Waals surface area contributed by atoms with Gasteiger partial charge in [-0.3, -0.25) is 0 Å². The van der Waals surface area contributed by atoms with E-state index in [9.17, 15) is 0 Å². The van der Waals surface area contributed by atoms with E-state index in [0.717, 1.165) is 12.3 Å². The molecule has 212 valence electrons. The van der Waals surface area contributed by atoms with Crippen molar-refractivity contribution in [2.75, 3.05) is 6.61 Å². The van der Waals surface area contributed by atoms with Crippen molar-refractivity contribution in [2.45, 2.75) is 206 Å². The lowest BCUT2D eigenvalue weighted by atomic mass is 9.95. The first-order chi connectivity index (χ1) is 17.3. The predicted octanol–water partition coefficient (Wildman–Crippen LogP) is 12.3. The van der Waals surface area contributed by atoms with Gasteiger partial charge in [0.15, 0.2) is 0 Å². The van der Waals surface area contributed by atoms with Crippen LogP contribution in [0.4, 0.5) is 0 Å². The minimum atomic E-state index is 0.374. The van der Waals surface area contributed by atoms with Gasteiger partial charge in [-0.1, -0.05) is 200 Å². The van der Waals surface area contributed by atoms with E-state index in [0.29, 0.717) is 6.61 Å². The maximum absolute atomic E-state index is 8.78. The fraction of sp³-hybridized carbons (Fsp3) is 1.00. The van der Waals surface area contributed by atoms with Gasteiger partial charge < -0.3 is 5.11 Å². The molecular formula is C34H70O. The van der Waals surface area contributed by atoms with Crippen LogP contribution in [0.3, 0.4) is 0 Å². The normalized spacial score (nSPS) is 12.4. The van der Waals surface area contributed by atoms with Crippen LogP contribution < -0.4 is 0 Å². The van der Waals surface area contributed by atoms with E-state index in [1.165, 1.54) is 186 Å². The van der Waals surface area contributed by atoms with E-state index < -0.39 is 0 Å². The third-order valence-corrected chi connectivity index (χ3v) is 8.16. The van der Waals surface area contributed by atoms with Crippen molar-refractivity contribution in [1.29, 1.82) is 0 Å². The Kier molecular flexibility index (Phi) is 32.0. The van der Waals surface area contributed by atoms with Gasteiger partial charge in [-0.2, -0.15) is 0 Å². The highest BCUT2D eigenvalue weighted by Gasteiger charge is 2.02. The van der Waals surface area contributed by atoms with Gasteiger partial charge in [-0.25, -0.2) is 0 Å². The summed E-state index contributed by atoms with van der Waals surface area (Å²) in [5.41, 5.74) is 0. The summed E-state index contributed by atoms with van der Waals surface area (Å²) in [5, 5.41) is 8.78. The third-order valence-electron chi connectivity index (χ3n) is 8.16. The van der Waals surface area contributed by atoms with Gasteiger partial charge in [-0.05, 0) is 12.3 Å². The Labute approximate surface area is 224 Å². The maximum Gasteiger partial charge on any atom is 0.0431 e. The quantitative estimate of drug-likeness (QED) is 0.0950. The molecule has 0 aliphatic heterocycles. The first kappa shape index (κ1) is 35.0. The molecule has 0 saturated heterocycles. The van der Waals surface area contributed by atoms with E-state index in [2.05, 4.69) is 13.8 Å². The van der Waals surface area contributed by atoms with Gasteiger partial charge in [0.25, 0.3) is 0 Å². The second-order valence-corrected chi connectivity index (χ2v) is 12.0. The van der Waals surface area contributed by atoms with Crippen molar-refractivity contribution >= 4 is 0 Å². The minimum absolute atomic E-state index is 0.374. The summed E-state index contributed by atoms with van der Waals surface area (Å²) in [6, 6.07) is 0. The fourth-order valence-electron chi connectivity index (χ4n) is 5.56. The van der Waals surface area contributed by atoms with Crippen LogP contribution in [0.2, 0.25) is 0 Å². The largest absolute Gasteiger partial charge is 0.396 e. The molecule has 0 aromatic rings. The lowest BCUT2D eigenvalue weighted by molar-refractivity contribution is 0.282. The van der Waals surface area contributed by atoms with E-state index in [1.54, 1.807) is 0 Å². The van der Waals surface area contributed by atoms with Crippen molar-refractivity contribution in [2.24, 2.45) is 5.92 Å². The van der Waals surface area contributed by atoms with E-state index in [-0.39, 0.29) is 0 Å². The molecule has 0 radical (unpaired) electrons. The summed E-state index contributed by atoms with van der Waals surface area (Å²) >= 11 is 0. The van der Waals surface area contributed by atoms with Crippen LogP contribution in [0.25, 0.3) is 0 Å². The molecule has 0 spiro atoms. The molecule has 0 fully saturated rings. The van der Waals surface area contributed by atoms with Crippen LogP contribution in [0.1, 0.15) is 206 Å². The summed E-state index contributed by atoms with van der Waals surface area (Å²) < 4.78 is 0. The third kappa shape index (κ3) is 31.9. The summed E-state index contributed by atoms with van der Waals surface area (Å²) in [6.07, 6.45) is 42.9. The van der Waals surface area contributed by atoms with Crippen molar-refractivity contribution in [1.82, 2.24) is 0 Å². The molecule has 0 aromatic heterocycles. The number of rotatable bonds is 31. The first-order valence-electron chi connectivity index (χ1n) is 16.9. The second-order valence-electron chi connectivity index (χ2n) is 12.0. The SMILES string of the molecule is CCCCCCCCCCCCCCCCC(C)CCCCCCCCCCCCCCCCO. The van der Waals surface area contributed by atoms with Gasteiger partial charge in [0.1, 0.15) is 0 Å². The molecule has 0 aliphatic carbocycles. The highest BCUT2D eigenvalue weighted by Crippen LogP contribution is 2.19. The van der Waals surface area contributed by atoms with Crippen LogP contribution in [0, 0.1) is 5.92 Å². The highest BCUT2D eigenvalue weighted by molar-refractivity contribution is 4.56. The summed E-state index contributed by atoms with van der Waals surface area (Å²) in [4.78, 5) is 0. The zero-order valence-electron chi connectivity index (χ0n) is 24.9. The molecule has 1 atom stereocenters. The summed E-state index contributed by atoms with van der Waals surface area (Å²) in [5.74, 6) is 0.955. The lowest BCUT2D eigenvalue weighted by Crippen LogP contribution is -1.95. The Morgan fingerprint density at radius 3 is 0.829 bits per heavy atom. The molecular weight excluding hydrogens is 424 g/mol. The summed E-state index contributed by atoms with van der Waals surface area (Å²) in [7, 11) is 0. The van der Waals surface area contributed by atoms with E-state index in [1.807, 2.05) is 0 Å². The Balaban J connectivity index is 3.13. The van der Waals surface area contributed by atoms with Crippen LogP contribution in [0.15, 0.2) is 0 Å². The molecule has 0 aromatic carbocycles. The lowest BCUT2D eigenvalue weighted by Gasteiger charge is -2.11. The molecule has 0 saturated carbocycles. The summed E-state index contributed by atoms with van der Waals surface area (Å²) in [6.45, 7) is 5.17. The topological polar surface area (TPSA) is 20.2 Å². The average molecular weight is 495 g/mol. The number of unbranched alkanes of at least 4 members (excludes halogenated alkanes) is 26. The highest BCUT2D eigenvalue weighted by atomic mass is 16.2. The van der Waals surface area contributed by atoms with Crippen molar-refractivity contribution in [3.63, 3.8) is 0 Å². The van der Waals surface area contributed by atoms with E-state index in [4.69, 9.17) is 5.11 Å². The van der Waals surface area contributed by atoms with Gasteiger partial charge in [0.05, 0.1) is 0 Å². The van der Waals surface area contributed by atoms with Crippen molar-refractivity contribution < 1.29 is 5.11 Å². The van der Waals surface area contributed by atoms with Crippen LogP contribution >= 0.6 is 0 Å². The van der Waals surface area contributed by atoms with Gasteiger partial charge in [-0.15, -0.1) is 0 Å². The molecule has 0 aliphatic rings. The molecule has 35 heavy (non-hydrogen) atoms. The van der Waals surface area contributed by atoms with Gasteiger partial charge in [0.2, 0.25) is 0 Å². The molecule has 0 heterocycles. The molecule has 1 N–H and O–H groups in total. The molecule has 0 bridgehead atoms. The smallest absolute Gasteiger partial charge is 0.0431 e. The zero-order chi connectivity index (χ0) is 25.5. The zero-order valence-corrected chi connectivity index (χ0v) is 24.9. The first-order valence-corrected chi connectivity index (χ1v) is 16.9. The van der Waals surface area contributed by atoms with Gasteiger partial charge >= 0.3 is 0 Å². The van der Waals surface area contributed by atoms with Crippen molar-refractivity contribution in [3.8, 4) is 0 Å². The number of aliphatic hydroxyl groups excluding tert-OH is 1. The monoisotopic (exact) mass is 495 g/mol. The predicted molar refractivity (Wildman–Crippen MR) is 160 cm³/mol. The second kappa shape index (κ2) is 32.0. The van der Waals surface area contributed by atoms with E-state index >= 15 is 0 Å². The molecule has 1 nitrogen and oxygen atoms in total. The Morgan fingerprint density at radius 1 is 0.343 bits per heavy atom. The molecule has 1 heteroatoms. The number of aliphatic hydroxyl groups is 1. The van der Waals surface area contributed by atoms with Crippen molar-refractivity contribution in [3.05, 3.63) is 0 Å². The Morgan fingerprint density at radius 2 is 0.571 bits per heavy atom. The fourth-order valence-corrected chi connectivity index (χ4v) is 5.56. The maximum atomic E-state index is 8.78. The minimum Gasteiger partial charge on any atom is -0.396 e.